The maximum absolute atomic E-state index is 10.8. The highest BCUT2D eigenvalue weighted by Crippen LogP contribution is 2.22. The van der Waals surface area contributed by atoms with E-state index in [0.29, 0.717) is 13.2 Å². The Hall–Kier alpha value is -0.810. The van der Waals surface area contributed by atoms with E-state index in [9.17, 15) is 20.1 Å². The second kappa shape index (κ2) is 7.70. The van der Waals surface area contributed by atoms with Crippen LogP contribution in [-0.2, 0) is 19.0 Å². The molecule has 0 aromatic heterocycles. The molecule has 0 aromatic carbocycles. The number of hydrogen-bond donors (Lipinski definition) is 5. The normalized spacial score (nSPS) is 35.3. The number of nitrogens with two attached hydrogens (primary N) is 1. The maximum Gasteiger partial charge on any atom is 0.335 e. The second-order valence-electron chi connectivity index (χ2n) is 4.01. The Balaban J connectivity index is 2.45. The summed E-state index contributed by atoms with van der Waals surface area (Å²) in [6, 6.07) is 0. The maximum atomic E-state index is 10.8. The van der Waals surface area contributed by atoms with Gasteiger partial charge in [0.05, 0.1) is 19.8 Å². The Kier molecular flexibility index (Phi) is 6.58. The summed E-state index contributed by atoms with van der Waals surface area (Å²) in [6.45, 7) is 0.905. The first-order valence-corrected chi connectivity index (χ1v) is 5.81. The highest BCUT2D eigenvalue weighted by molar-refractivity contribution is 5.73. The molecule has 6 N–H and O–H groups in total. The molecule has 0 spiro atoms. The van der Waals surface area contributed by atoms with Crippen LogP contribution in [0.2, 0.25) is 0 Å². The third-order valence-corrected chi connectivity index (χ3v) is 2.58. The molecule has 19 heavy (non-hydrogen) atoms. The highest BCUT2D eigenvalue weighted by atomic mass is 16.7. The molecule has 0 saturated carbocycles. The van der Waals surface area contributed by atoms with E-state index in [0.717, 1.165) is 0 Å². The van der Waals surface area contributed by atoms with Crippen LogP contribution in [0.3, 0.4) is 0 Å². The van der Waals surface area contributed by atoms with Gasteiger partial charge in [0.1, 0.15) is 18.3 Å². The lowest BCUT2D eigenvalue weighted by Crippen LogP contribution is -2.60. The van der Waals surface area contributed by atoms with Crippen molar-refractivity contribution in [1.29, 1.82) is 0 Å². The molecule has 1 saturated heterocycles. The van der Waals surface area contributed by atoms with Crippen molar-refractivity contribution in [3.63, 3.8) is 0 Å². The third-order valence-electron chi connectivity index (χ3n) is 2.58. The minimum Gasteiger partial charge on any atom is -0.479 e. The summed E-state index contributed by atoms with van der Waals surface area (Å²) in [5.41, 5.74) is 5.20. The standard InChI is InChI=1S/C10H19NO8/c11-1-2-17-3-4-18-10-7(14)5(12)6(13)8(19-10)9(15)16/h5-8,10,12-14H,1-4,11H2,(H,15,16)/t5-,6?,7?,8?,10+/m0/s1. The lowest BCUT2D eigenvalue weighted by atomic mass is 9.99. The number of aliphatic carboxylic acids is 1. The first-order valence-electron chi connectivity index (χ1n) is 5.81. The first-order chi connectivity index (χ1) is 8.99. The second-order valence-corrected chi connectivity index (χ2v) is 4.01. The van der Waals surface area contributed by atoms with E-state index in [4.69, 9.17) is 25.1 Å². The largest absolute Gasteiger partial charge is 0.479 e. The molecule has 9 nitrogen and oxygen atoms in total. The van der Waals surface area contributed by atoms with Crippen LogP contribution in [0, 0.1) is 0 Å². The zero-order valence-corrected chi connectivity index (χ0v) is 10.2. The van der Waals surface area contributed by atoms with Crippen LogP contribution in [0.4, 0.5) is 0 Å². The quantitative estimate of drug-likeness (QED) is 0.305. The minimum absolute atomic E-state index is 0.0247. The number of aliphatic hydroxyl groups excluding tert-OH is 3. The van der Waals surface area contributed by atoms with Crippen LogP contribution in [0.15, 0.2) is 0 Å². The molecular formula is C10H19NO8. The van der Waals surface area contributed by atoms with Gasteiger partial charge in [0, 0.05) is 6.54 Å². The molecular weight excluding hydrogens is 262 g/mol. The monoisotopic (exact) mass is 281 g/mol. The van der Waals surface area contributed by atoms with Gasteiger partial charge in [-0.15, -0.1) is 0 Å². The van der Waals surface area contributed by atoms with E-state index in [1.165, 1.54) is 0 Å². The Morgan fingerprint density at radius 3 is 2.37 bits per heavy atom. The molecule has 5 atom stereocenters. The zero-order valence-electron chi connectivity index (χ0n) is 10.2. The molecule has 1 rings (SSSR count). The fraction of sp³-hybridized carbons (Fsp3) is 0.900. The molecule has 1 heterocycles. The Morgan fingerprint density at radius 2 is 1.79 bits per heavy atom. The summed E-state index contributed by atoms with van der Waals surface area (Å²) in [7, 11) is 0. The highest BCUT2D eigenvalue weighted by Gasteiger charge is 2.47. The van der Waals surface area contributed by atoms with E-state index in [1.54, 1.807) is 0 Å². The molecule has 1 fully saturated rings. The number of rotatable bonds is 7. The summed E-state index contributed by atoms with van der Waals surface area (Å²) >= 11 is 0. The van der Waals surface area contributed by atoms with E-state index < -0.39 is 36.7 Å². The first kappa shape index (κ1) is 16.2. The summed E-state index contributed by atoms with van der Waals surface area (Å²) in [5.74, 6) is -1.45. The molecule has 1 aliphatic heterocycles. The molecule has 0 bridgehead atoms. The van der Waals surface area contributed by atoms with Gasteiger partial charge in [0.25, 0.3) is 0 Å². The summed E-state index contributed by atoms with van der Waals surface area (Å²) < 4.78 is 15.0. The van der Waals surface area contributed by atoms with E-state index >= 15 is 0 Å². The van der Waals surface area contributed by atoms with Gasteiger partial charge in [-0.3, -0.25) is 0 Å². The number of carbonyl (C=O) groups is 1. The third kappa shape index (κ3) is 4.35. The van der Waals surface area contributed by atoms with Crippen LogP contribution >= 0.6 is 0 Å². The molecule has 9 heteroatoms. The summed E-state index contributed by atoms with van der Waals surface area (Å²) in [6.07, 6.45) is -7.93. The minimum atomic E-state index is -1.72. The predicted molar refractivity (Wildman–Crippen MR) is 60.1 cm³/mol. The van der Waals surface area contributed by atoms with Gasteiger partial charge < -0.3 is 40.4 Å². The van der Waals surface area contributed by atoms with Crippen molar-refractivity contribution < 1.29 is 39.4 Å². The fourth-order valence-electron chi connectivity index (χ4n) is 1.60. The Morgan fingerprint density at radius 1 is 1.11 bits per heavy atom. The summed E-state index contributed by atoms with van der Waals surface area (Å²) in [4.78, 5) is 10.8. The topological polar surface area (TPSA) is 152 Å². The van der Waals surface area contributed by atoms with Gasteiger partial charge in [0.2, 0.25) is 0 Å². The average Bonchev–Trinajstić information content (AvgIpc) is 2.37. The van der Waals surface area contributed by atoms with Crippen molar-refractivity contribution in [2.75, 3.05) is 26.4 Å². The van der Waals surface area contributed by atoms with Crippen molar-refractivity contribution in [3.8, 4) is 0 Å². The molecule has 1 aliphatic rings. The fourth-order valence-corrected chi connectivity index (χ4v) is 1.60. The lowest BCUT2D eigenvalue weighted by Gasteiger charge is -2.38. The van der Waals surface area contributed by atoms with Crippen LogP contribution in [0.5, 0.6) is 0 Å². The Labute approximate surface area is 109 Å². The van der Waals surface area contributed by atoms with Gasteiger partial charge in [-0.2, -0.15) is 0 Å². The predicted octanol–water partition coefficient (Wildman–Crippen LogP) is -3.13. The van der Waals surface area contributed by atoms with E-state index in [-0.39, 0.29) is 13.2 Å². The molecule has 0 radical (unpaired) electrons. The van der Waals surface area contributed by atoms with Crippen molar-refractivity contribution >= 4 is 5.97 Å². The van der Waals surface area contributed by atoms with Gasteiger partial charge in [-0.25, -0.2) is 4.79 Å². The molecule has 0 amide bonds. The number of aliphatic hydroxyl groups is 3. The number of carboxylic acid groups (broad SMARTS) is 1. The van der Waals surface area contributed by atoms with Gasteiger partial charge >= 0.3 is 5.97 Å². The average molecular weight is 281 g/mol. The van der Waals surface area contributed by atoms with E-state index in [2.05, 4.69) is 0 Å². The molecule has 112 valence electrons. The van der Waals surface area contributed by atoms with Crippen LogP contribution in [-0.4, -0.2) is 83.5 Å². The number of carboxylic acids is 1. The molecule has 0 aliphatic carbocycles. The molecule has 0 aromatic rings. The SMILES string of the molecule is NCCOCCO[C@@H]1OC(C(=O)O)C(O)[C@H](O)C1O. The van der Waals surface area contributed by atoms with Crippen molar-refractivity contribution in [1.82, 2.24) is 0 Å². The van der Waals surface area contributed by atoms with Gasteiger partial charge in [-0.1, -0.05) is 0 Å². The zero-order chi connectivity index (χ0) is 14.4. The summed E-state index contributed by atoms with van der Waals surface area (Å²) in [5, 5.41) is 37.3. The van der Waals surface area contributed by atoms with E-state index in [1.807, 2.05) is 0 Å². The van der Waals surface area contributed by atoms with Crippen LogP contribution < -0.4 is 5.73 Å². The number of hydrogen-bond acceptors (Lipinski definition) is 8. The van der Waals surface area contributed by atoms with Crippen molar-refractivity contribution in [2.24, 2.45) is 5.73 Å². The van der Waals surface area contributed by atoms with Crippen molar-refractivity contribution in [3.05, 3.63) is 0 Å². The molecule has 3 unspecified atom stereocenters. The van der Waals surface area contributed by atoms with Gasteiger partial charge in [0.15, 0.2) is 12.4 Å². The number of ether oxygens (including phenoxy) is 3. The smallest absolute Gasteiger partial charge is 0.335 e. The van der Waals surface area contributed by atoms with Crippen LogP contribution in [0.1, 0.15) is 0 Å². The van der Waals surface area contributed by atoms with Crippen molar-refractivity contribution in [2.45, 2.75) is 30.7 Å². The van der Waals surface area contributed by atoms with Gasteiger partial charge in [-0.05, 0) is 0 Å². The van der Waals surface area contributed by atoms with Crippen LogP contribution in [0.25, 0.3) is 0 Å². The lowest BCUT2D eigenvalue weighted by molar-refractivity contribution is -0.295. The Bertz CT molecular complexity index is 289.